The molecule has 0 amide bonds. The second-order valence-corrected chi connectivity index (χ2v) is 7.25. The van der Waals surface area contributed by atoms with Crippen molar-refractivity contribution in [2.75, 3.05) is 26.9 Å². The Hall–Kier alpha value is -1.72. The molecule has 1 aromatic carbocycles. The first kappa shape index (κ1) is 15.8. The fraction of sp³-hybridized carbons (Fsp3) is 0.474. The number of hydrogen-bond donors (Lipinski definition) is 0. The fourth-order valence-corrected chi connectivity index (χ4v) is 4.69. The predicted molar refractivity (Wildman–Crippen MR) is 95.4 cm³/mol. The van der Waals surface area contributed by atoms with Crippen LogP contribution in [0.1, 0.15) is 35.4 Å². The van der Waals surface area contributed by atoms with E-state index in [0.717, 1.165) is 43.2 Å². The summed E-state index contributed by atoms with van der Waals surface area (Å²) < 4.78 is 17.0. The molecular weight excluding hydrogens is 322 g/mol. The van der Waals surface area contributed by atoms with Crippen LogP contribution in [-0.4, -0.2) is 31.8 Å². The highest BCUT2D eigenvalue weighted by Crippen LogP contribution is 2.40. The van der Waals surface area contributed by atoms with Crippen LogP contribution in [-0.2, 0) is 13.0 Å². The quantitative estimate of drug-likeness (QED) is 0.837. The van der Waals surface area contributed by atoms with E-state index in [1.165, 1.54) is 11.1 Å². The van der Waals surface area contributed by atoms with E-state index in [0.29, 0.717) is 19.3 Å². The third-order valence-electron chi connectivity index (χ3n) is 4.91. The van der Waals surface area contributed by atoms with Crippen molar-refractivity contribution in [1.82, 2.24) is 4.90 Å². The zero-order chi connectivity index (χ0) is 16.5. The molecule has 0 saturated carbocycles. The van der Waals surface area contributed by atoms with E-state index in [-0.39, 0.29) is 0 Å². The lowest BCUT2D eigenvalue weighted by molar-refractivity contribution is 0.163. The number of fused-ring (bicyclic) bond motifs is 2. The van der Waals surface area contributed by atoms with Crippen LogP contribution in [0.3, 0.4) is 0 Å². The summed E-state index contributed by atoms with van der Waals surface area (Å²) >= 11 is 1.89. The van der Waals surface area contributed by atoms with Gasteiger partial charge >= 0.3 is 0 Å². The summed E-state index contributed by atoms with van der Waals surface area (Å²) in [5.74, 6) is 2.50. The van der Waals surface area contributed by atoms with Gasteiger partial charge in [-0.15, -0.1) is 11.3 Å². The lowest BCUT2D eigenvalue weighted by Crippen LogP contribution is -2.34. The van der Waals surface area contributed by atoms with Gasteiger partial charge in [-0.3, -0.25) is 4.90 Å². The molecule has 5 heteroatoms. The van der Waals surface area contributed by atoms with Crippen LogP contribution in [0.25, 0.3) is 0 Å². The lowest BCUT2D eigenvalue weighted by atomic mass is 9.97. The van der Waals surface area contributed by atoms with Crippen molar-refractivity contribution in [1.29, 1.82) is 0 Å². The van der Waals surface area contributed by atoms with E-state index in [2.05, 4.69) is 29.3 Å². The highest BCUT2D eigenvalue weighted by Gasteiger charge is 2.28. The molecule has 1 aromatic heterocycles. The summed E-state index contributed by atoms with van der Waals surface area (Å²) in [4.78, 5) is 4.11. The minimum absolute atomic E-state index is 0.484. The van der Waals surface area contributed by atoms with E-state index >= 15 is 0 Å². The van der Waals surface area contributed by atoms with E-state index in [1.54, 1.807) is 12.0 Å². The van der Waals surface area contributed by atoms with Gasteiger partial charge in [-0.2, -0.15) is 0 Å². The van der Waals surface area contributed by atoms with Crippen molar-refractivity contribution in [2.24, 2.45) is 0 Å². The van der Waals surface area contributed by atoms with E-state index in [9.17, 15) is 0 Å². The number of methoxy groups -OCH3 is 1. The smallest absolute Gasteiger partial charge is 0.165 e. The molecule has 4 rings (SSSR count). The summed E-state index contributed by atoms with van der Waals surface area (Å²) in [7, 11) is 1.72. The van der Waals surface area contributed by atoms with Gasteiger partial charge in [0, 0.05) is 35.6 Å². The summed E-state index contributed by atoms with van der Waals surface area (Å²) in [5.41, 5.74) is 2.67. The predicted octanol–water partition coefficient (Wildman–Crippen LogP) is 4.04. The number of nitrogens with zero attached hydrogens (tertiary/aromatic N) is 1. The Morgan fingerprint density at radius 3 is 2.79 bits per heavy atom. The first-order chi connectivity index (χ1) is 11.8. The zero-order valence-electron chi connectivity index (χ0n) is 14.2. The molecule has 2 aliphatic heterocycles. The van der Waals surface area contributed by atoms with Crippen molar-refractivity contribution in [3.63, 3.8) is 0 Å². The Balaban J connectivity index is 1.63. The topological polar surface area (TPSA) is 30.9 Å². The Morgan fingerprint density at radius 2 is 2.04 bits per heavy atom. The van der Waals surface area contributed by atoms with Crippen molar-refractivity contribution in [2.45, 2.75) is 32.4 Å². The van der Waals surface area contributed by atoms with Gasteiger partial charge in [-0.1, -0.05) is 6.92 Å². The summed E-state index contributed by atoms with van der Waals surface area (Å²) in [6.45, 7) is 5.43. The normalized spacial score (nSPS) is 19.8. The summed E-state index contributed by atoms with van der Waals surface area (Å²) in [6, 6.07) is 6.83. The molecule has 0 fully saturated rings. The average molecular weight is 345 g/mol. The molecule has 0 unspecified atom stereocenters. The van der Waals surface area contributed by atoms with Gasteiger partial charge < -0.3 is 14.2 Å². The molecule has 3 heterocycles. The van der Waals surface area contributed by atoms with Gasteiger partial charge in [-0.25, -0.2) is 0 Å². The van der Waals surface area contributed by atoms with Crippen LogP contribution in [0.5, 0.6) is 17.2 Å². The van der Waals surface area contributed by atoms with E-state index < -0.39 is 0 Å². The number of thiophene rings is 1. The minimum atomic E-state index is 0.484. The van der Waals surface area contributed by atoms with Crippen molar-refractivity contribution < 1.29 is 14.2 Å². The first-order valence-electron chi connectivity index (χ1n) is 8.57. The number of hydrogen-bond acceptors (Lipinski definition) is 5. The summed E-state index contributed by atoms with van der Waals surface area (Å²) in [6.07, 6.45) is 2.26. The molecule has 128 valence electrons. The van der Waals surface area contributed by atoms with Crippen molar-refractivity contribution >= 4 is 11.3 Å². The van der Waals surface area contributed by atoms with Crippen LogP contribution in [0.2, 0.25) is 0 Å². The Morgan fingerprint density at radius 1 is 1.25 bits per heavy atom. The third-order valence-corrected chi connectivity index (χ3v) is 5.91. The average Bonchev–Trinajstić information content (AvgIpc) is 3.09. The molecular formula is C19H23NO3S. The maximum Gasteiger partial charge on any atom is 0.165 e. The first-order valence-corrected chi connectivity index (χ1v) is 9.45. The largest absolute Gasteiger partial charge is 0.496 e. The van der Waals surface area contributed by atoms with Crippen LogP contribution in [0.4, 0.5) is 0 Å². The second-order valence-electron chi connectivity index (χ2n) is 6.25. The number of ether oxygens (including phenoxy) is 3. The minimum Gasteiger partial charge on any atom is -0.496 e. The van der Waals surface area contributed by atoms with Crippen LogP contribution in [0.15, 0.2) is 23.6 Å². The van der Waals surface area contributed by atoms with E-state index in [4.69, 9.17) is 14.2 Å². The highest BCUT2D eigenvalue weighted by molar-refractivity contribution is 7.10. The Bertz CT molecular complexity index is 727. The molecule has 2 aromatic rings. The standard InChI is InChI=1S/C19H23NO3S/c1-3-15-14-5-9-24-19(14)4-6-20(15)12-13-10-17-18(11-16(13)21-2)23-8-7-22-17/h5,9-11,15H,3-4,6-8,12H2,1-2H3/t15-/m1/s1. The van der Waals surface area contributed by atoms with Gasteiger partial charge in [0.2, 0.25) is 0 Å². The monoisotopic (exact) mass is 345 g/mol. The van der Waals surface area contributed by atoms with Gasteiger partial charge in [0.1, 0.15) is 19.0 Å². The number of rotatable bonds is 4. The van der Waals surface area contributed by atoms with Gasteiger partial charge in [-0.05, 0) is 35.9 Å². The molecule has 0 radical (unpaired) electrons. The second kappa shape index (κ2) is 6.65. The SMILES string of the molecule is CC[C@@H]1c2ccsc2CCN1Cc1cc2c(cc1OC)OCCO2. The molecule has 0 bridgehead atoms. The molecule has 2 aliphatic rings. The molecule has 0 aliphatic carbocycles. The van der Waals surface area contributed by atoms with Crippen molar-refractivity contribution in [3.8, 4) is 17.2 Å². The third kappa shape index (κ3) is 2.76. The number of benzene rings is 1. The highest BCUT2D eigenvalue weighted by atomic mass is 32.1. The maximum absolute atomic E-state index is 5.75. The molecule has 0 saturated heterocycles. The van der Waals surface area contributed by atoms with Gasteiger partial charge in [0.25, 0.3) is 0 Å². The molecule has 0 spiro atoms. The molecule has 4 nitrogen and oxygen atoms in total. The molecule has 0 N–H and O–H groups in total. The van der Waals surface area contributed by atoms with Crippen LogP contribution in [0, 0.1) is 0 Å². The summed E-state index contributed by atoms with van der Waals surface area (Å²) in [5, 5.41) is 2.22. The fourth-order valence-electron chi connectivity index (χ4n) is 3.76. The van der Waals surface area contributed by atoms with E-state index in [1.807, 2.05) is 17.4 Å². The Labute approximate surface area is 147 Å². The zero-order valence-corrected chi connectivity index (χ0v) is 15.0. The van der Waals surface area contributed by atoms with Gasteiger partial charge in [0.15, 0.2) is 11.5 Å². The Kier molecular flexibility index (Phi) is 4.37. The maximum atomic E-state index is 5.75. The van der Waals surface area contributed by atoms with Crippen molar-refractivity contribution in [3.05, 3.63) is 39.6 Å². The molecule has 1 atom stereocenters. The van der Waals surface area contributed by atoms with Crippen LogP contribution < -0.4 is 14.2 Å². The lowest BCUT2D eigenvalue weighted by Gasteiger charge is -2.36. The molecule has 24 heavy (non-hydrogen) atoms. The van der Waals surface area contributed by atoms with Crippen LogP contribution >= 0.6 is 11.3 Å². The van der Waals surface area contributed by atoms with Gasteiger partial charge in [0.05, 0.1) is 7.11 Å².